The molecule has 0 amide bonds. The van der Waals surface area contributed by atoms with E-state index in [1.807, 2.05) is 0 Å². The Bertz CT molecular complexity index is 370. The fraction of sp³-hybridized carbons (Fsp3) is 0.143. The first kappa shape index (κ1) is 8.16. The number of hydrogen-bond acceptors (Lipinski definition) is 3. The number of nitrogen functional groups attached to an aromatic ring is 1. The van der Waals surface area contributed by atoms with Crippen LogP contribution in [0.5, 0.6) is 11.5 Å². The van der Waals surface area contributed by atoms with E-state index < -0.39 is 6.29 Å². The number of rotatable bonds is 0. The van der Waals surface area contributed by atoms with Gasteiger partial charge in [-0.05, 0) is 6.07 Å². The van der Waals surface area contributed by atoms with E-state index in [2.05, 4.69) is 9.47 Å². The molecule has 0 fully saturated rings. The first-order chi connectivity index (χ1) is 5.99. The zero-order valence-corrected chi connectivity index (χ0v) is 6.38. The van der Waals surface area contributed by atoms with Crippen molar-refractivity contribution in [2.24, 2.45) is 0 Å². The second-order valence-electron chi connectivity index (χ2n) is 2.56. The smallest absolute Gasteiger partial charge is 0.396 e. The van der Waals surface area contributed by atoms with Crippen molar-refractivity contribution < 1.29 is 18.3 Å². The van der Waals surface area contributed by atoms with Crippen molar-refractivity contribution in [3.8, 4) is 11.5 Å². The number of hydrogen-bond donors (Lipinski definition) is 1. The number of fused-ring (bicyclic) bond motifs is 1. The van der Waals surface area contributed by atoms with Gasteiger partial charge in [0, 0.05) is 0 Å². The number of nitrogens with two attached hydrogens (primary N) is 1. The highest BCUT2D eigenvalue weighted by molar-refractivity contribution is 6.36. The Morgan fingerprint density at radius 1 is 1.31 bits per heavy atom. The van der Waals surface area contributed by atoms with Gasteiger partial charge in [-0.25, -0.2) is 0 Å². The first-order valence-corrected chi connectivity index (χ1v) is 3.43. The molecule has 2 rings (SSSR count). The molecule has 3 nitrogen and oxygen atoms in total. The second-order valence-corrected chi connectivity index (χ2v) is 2.56. The van der Waals surface area contributed by atoms with E-state index >= 15 is 0 Å². The Morgan fingerprint density at radius 2 is 2.00 bits per heavy atom. The summed E-state index contributed by atoms with van der Waals surface area (Å²) >= 11 is 0. The Hall–Kier alpha value is -1.46. The lowest BCUT2D eigenvalue weighted by molar-refractivity contribution is -0.286. The number of halogens is 2. The molecule has 2 radical (unpaired) electrons. The maximum atomic E-state index is 12.5. The molecule has 1 aliphatic heterocycles. The fourth-order valence-corrected chi connectivity index (χ4v) is 1.05. The largest absolute Gasteiger partial charge is 0.586 e. The molecule has 0 saturated carbocycles. The SMILES string of the molecule is [B]c1ccc2c(c1N)OC(F)(F)O2. The summed E-state index contributed by atoms with van der Waals surface area (Å²) in [4.78, 5) is 0. The quantitative estimate of drug-likeness (QED) is 0.467. The zero-order valence-electron chi connectivity index (χ0n) is 6.38. The van der Waals surface area contributed by atoms with Gasteiger partial charge in [-0.3, -0.25) is 0 Å². The van der Waals surface area contributed by atoms with Crippen molar-refractivity contribution in [3.05, 3.63) is 12.1 Å². The van der Waals surface area contributed by atoms with Gasteiger partial charge in [-0.1, -0.05) is 11.5 Å². The van der Waals surface area contributed by atoms with Crippen LogP contribution in [0.25, 0.3) is 0 Å². The van der Waals surface area contributed by atoms with Crippen LogP contribution in [0.4, 0.5) is 14.5 Å². The second kappa shape index (κ2) is 2.28. The molecule has 66 valence electrons. The molecule has 2 N–H and O–H groups in total. The molecule has 0 unspecified atom stereocenters. The van der Waals surface area contributed by atoms with Crippen molar-refractivity contribution in [2.75, 3.05) is 5.73 Å². The van der Waals surface area contributed by atoms with E-state index in [0.717, 1.165) is 0 Å². The summed E-state index contributed by atoms with van der Waals surface area (Å²) in [6.07, 6.45) is -3.65. The maximum absolute atomic E-state index is 12.5. The molecule has 0 atom stereocenters. The minimum Gasteiger partial charge on any atom is -0.396 e. The summed E-state index contributed by atoms with van der Waals surface area (Å²) in [7, 11) is 5.38. The van der Waals surface area contributed by atoms with Crippen LogP contribution in [0.15, 0.2) is 12.1 Å². The molecule has 0 aromatic heterocycles. The van der Waals surface area contributed by atoms with Gasteiger partial charge in [0.15, 0.2) is 11.5 Å². The Morgan fingerprint density at radius 3 is 2.69 bits per heavy atom. The van der Waals surface area contributed by atoms with Crippen LogP contribution in [0.1, 0.15) is 0 Å². The van der Waals surface area contributed by atoms with Crippen LogP contribution in [0.3, 0.4) is 0 Å². The third-order valence-electron chi connectivity index (χ3n) is 1.64. The van der Waals surface area contributed by atoms with Gasteiger partial charge in [0.1, 0.15) is 7.85 Å². The Labute approximate surface area is 73.8 Å². The molecule has 1 aliphatic rings. The summed E-state index contributed by atoms with van der Waals surface area (Å²) in [6.45, 7) is 0. The molecule has 6 heteroatoms. The highest BCUT2D eigenvalue weighted by Crippen LogP contribution is 2.43. The van der Waals surface area contributed by atoms with Gasteiger partial charge in [0.25, 0.3) is 0 Å². The van der Waals surface area contributed by atoms with Crippen molar-refractivity contribution >= 4 is 19.0 Å². The van der Waals surface area contributed by atoms with Crippen LogP contribution in [-0.4, -0.2) is 14.1 Å². The van der Waals surface area contributed by atoms with Crippen LogP contribution < -0.4 is 20.7 Å². The average molecular weight is 183 g/mol. The van der Waals surface area contributed by atoms with Gasteiger partial charge in [0.2, 0.25) is 0 Å². The van der Waals surface area contributed by atoms with Gasteiger partial charge < -0.3 is 15.2 Å². The molecular weight excluding hydrogens is 179 g/mol. The molecule has 13 heavy (non-hydrogen) atoms. The van der Waals surface area contributed by atoms with Crippen molar-refractivity contribution in [1.82, 2.24) is 0 Å². The van der Waals surface area contributed by atoms with E-state index in [1.54, 1.807) is 0 Å². The lowest BCUT2D eigenvalue weighted by Gasteiger charge is -2.05. The molecule has 1 heterocycles. The normalized spacial score (nSPS) is 17.4. The van der Waals surface area contributed by atoms with Crippen LogP contribution in [0.2, 0.25) is 0 Å². The monoisotopic (exact) mass is 183 g/mol. The molecule has 0 aliphatic carbocycles. The highest BCUT2D eigenvalue weighted by atomic mass is 19.3. The maximum Gasteiger partial charge on any atom is 0.586 e. The minimum absolute atomic E-state index is 0.0327. The highest BCUT2D eigenvalue weighted by Gasteiger charge is 2.44. The van der Waals surface area contributed by atoms with Gasteiger partial charge in [-0.15, -0.1) is 8.78 Å². The van der Waals surface area contributed by atoms with E-state index in [0.29, 0.717) is 0 Å². The molecule has 0 bridgehead atoms. The summed E-state index contributed by atoms with van der Waals surface area (Å²) in [5.74, 6) is -0.304. The molecule has 1 aromatic rings. The number of ether oxygens (including phenoxy) is 2. The minimum atomic E-state index is -3.65. The van der Waals surface area contributed by atoms with Crippen molar-refractivity contribution in [3.63, 3.8) is 0 Å². The summed E-state index contributed by atoms with van der Waals surface area (Å²) < 4.78 is 33.3. The molecule has 0 spiro atoms. The third-order valence-corrected chi connectivity index (χ3v) is 1.64. The predicted molar refractivity (Wildman–Crippen MR) is 42.4 cm³/mol. The van der Waals surface area contributed by atoms with Gasteiger partial charge in [-0.2, -0.15) is 0 Å². The van der Waals surface area contributed by atoms with E-state index in [9.17, 15) is 8.78 Å². The van der Waals surface area contributed by atoms with Crippen LogP contribution in [0, 0.1) is 0 Å². The van der Waals surface area contributed by atoms with E-state index in [-0.39, 0.29) is 22.6 Å². The summed E-state index contributed by atoms with van der Waals surface area (Å²) in [5.41, 5.74) is 5.54. The lowest BCUT2D eigenvalue weighted by Crippen LogP contribution is -2.26. The first-order valence-electron chi connectivity index (χ1n) is 3.43. The zero-order chi connectivity index (χ0) is 9.64. The van der Waals surface area contributed by atoms with Crippen LogP contribution in [-0.2, 0) is 0 Å². The van der Waals surface area contributed by atoms with E-state index in [1.165, 1.54) is 12.1 Å². The Kier molecular flexibility index (Phi) is 1.43. The van der Waals surface area contributed by atoms with Crippen LogP contribution >= 0.6 is 0 Å². The third kappa shape index (κ3) is 1.18. The molecule has 0 saturated heterocycles. The molecule has 1 aromatic carbocycles. The summed E-state index contributed by atoms with van der Waals surface area (Å²) in [6, 6.07) is 2.65. The van der Waals surface area contributed by atoms with Crippen molar-refractivity contribution in [1.29, 1.82) is 0 Å². The lowest BCUT2D eigenvalue weighted by atomic mass is 9.94. The fourth-order valence-electron chi connectivity index (χ4n) is 1.05. The average Bonchev–Trinajstić information content (AvgIpc) is 2.34. The standard InChI is InChI=1S/C7H4BF2NO2/c8-3-1-2-4-6(5(3)11)13-7(9,10)12-4/h1-2H,11H2. The topological polar surface area (TPSA) is 44.5 Å². The number of benzene rings is 1. The Balaban J connectivity index is 2.53. The number of alkyl halides is 2. The molecular formula is C7H4BF2NO2. The van der Waals surface area contributed by atoms with E-state index in [4.69, 9.17) is 13.6 Å². The summed E-state index contributed by atoms with van der Waals surface area (Å²) in [5, 5.41) is 0. The van der Waals surface area contributed by atoms with Gasteiger partial charge in [0.05, 0.1) is 5.69 Å². The van der Waals surface area contributed by atoms with Gasteiger partial charge >= 0.3 is 6.29 Å². The predicted octanol–water partition coefficient (Wildman–Crippen LogP) is 0.384. The number of anilines is 1. The van der Waals surface area contributed by atoms with Crippen molar-refractivity contribution in [2.45, 2.75) is 6.29 Å².